The van der Waals surface area contributed by atoms with Gasteiger partial charge >= 0.3 is 0 Å². The molecule has 1 N–H and O–H groups in total. The first-order valence-corrected chi connectivity index (χ1v) is 6.05. The predicted octanol–water partition coefficient (Wildman–Crippen LogP) is 2.52. The minimum absolute atomic E-state index is 0.211. The van der Waals surface area contributed by atoms with Crippen molar-refractivity contribution in [3.05, 3.63) is 30.0 Å². The quantitative estimate of drug-likeness (QED) is 0.883. The second-order valence-electron chi connectivity index (χ2n) is 5.28. The van der Waals surface area contributed by atoms with Crippen LogP contribution in [0.2, 0.25) is 0 Å². The van der Waals surface area contributed by atoms with Gasteiger partial charge in [0, 0.05) is 18.9 Å². The number of aryl methyl sites for hydroxylation is 1. The van der Waals surface area contributed by atoms with Crippen LogP contribution in [0.1, 0.15) is 26.5 Å². The van der Waals surface area contributed by atoms with E-state index in [-0.39, 0.29) is 5.92 Å². The third kappa shape index (κ3) is 2.20. The van der Waals surface area contributed by atoms with Crippen molar-refractivity contribution >= 4 is 10.9 Å². The third-order valence-electron chi connectivity index (χ3n) is 3.60. The zero-order valence-corrected chi connectivity index (χ0v) is 10.9. The molecule has 0 fully saturated rings. The van der Waals surface area contributed by atoms with E-state index in [0.717, 1.165) is 16.6 Å². The first-order valence-electron chi connectivity index (χ1n) is 6.05. The van der Waals surface area contributed by atoms with E-state index in [1.807, 2.05) is 44.6 Å². The van der Waals surface area contributed by atoms with E-state index in [2.05, 4.69) is 17.2 Å². The van der Waals surface area contributed by atoms with Gasteiger partial charge in [-0.25, -0.2) is 0 Å². The summed E-state index contributed by atoms with van der Waals surface area (Å²) in [4.78, 5) is 0. The Morgan fingerprint density at radius 2 is 2.00 bits per heavy atom. The molecule has 0 spiro atoms. The molecule has 1 aromatic carbocycles. The minimum atomic E-state index is -0.711. The molecule has 92 valence electrons. The summed E-state index contributed by atoms with van der Waals surface area (Å²) >= 11 is 0. The second kappa shape index (κ2) is 4.15. The SMILES string of the molecule is CC(C)C(C)(O)Cc1nn(C)c2ccccc12. The number of aromatic nitrogens is 2. The van der Waals surface area contributed by atoms with Gasteiger partial charge in [0.05, 0.1) is 16.8 Å². The average molecular weight is 232 g/mol. The van der Waals surface area contributed by atoms with Gasteiger partial charge in [0.1, 0.15) is 0 Å². The van der Waals surface area contributed by atoms with Crippen LogP contribution >= 0.6 is 0 Å². The lowest BCUT2D eigenvalue weighted by molar-refractivity contribution is 0.0133. The van der Waals surface area contributed by atoms with Gasteiger partial charge in [0.2, 0.25) is 0 Å². The lowest BCUT2D eigenvalue weighted by Gasteiger charge is -2.26. The smallest absolute Gasteiger partial charge is 0.0731 e. The molecule has 0 saturated heterocycles. The van der Waals surface area contributed by atoms with Gasteiger partial charge < -0.3 is 5.11 Å². The zero-order chi connectivity index (χ0) is 12.6. The van der Waals surface area contributed by atoms with Crippen LogP contribution in [0.4, 0.5) is 0 Å². The summed E-state index contributed by atoms with van der Waals surface area (Å²) in [5.41, 5.74) is 1.38. The van der Waals surface area contributed by atoms with Crippen molar-refractivity contribution in [1.82, 2.24) is 9.78 Å². The minimum Gasteiger partial charge on any atom is -0.390 e. The maximum Gasteiger partial charge on any atom is 0.0731 e. The van der Waals surface area contributed by atoms with Crippen LogP contribution in [0.15, 0.2) is 24.3 Å². The van der Waals surface area contributed by atoms with E-state index in [1.54, 1.807) is 0 Å². The summed E-state index contributed by atoms with van der Waals surface area (Å²) in [6.45, 7) is 5.94. The van der Waals surface area contributed by atoms with Crippen LogP contribution in [0.25, 0.3) is 10.9 Å². The van der Waals surface area contributed by atoms with Crippen LogP contribution in [-0.4, -0.2) is 20.5 Å². The van der Waals surface area contributed by atoms with E-state index in [9.17, 15) is 5.11 Å². The van der Waals surface area contributed by atoms with E-state index >= 15 is 0 Å². The van der Waals surface area contributed by atoms with Gasteiger partial charge in [-0.2, -0.15) is 5.10 Å². The molecule has 2 rings (SSSR count). The van der Waals surface area contributed by atoms with Gasteiger partial charge in [-0.15, -0.1) is 0 Å². The first kappa shape index (κ1) is 12.1. The predicted molar refractivity (Wildman–Crippen MR) is 69.9 cm³/mol. The molecule has 0 aliphatic carbocycles. The molecule has 1 unspecified atom stereocenters. The highest BCUT2D eigenvalue weighted by Crippen LogP contribution is 2.25. The molecule has 0 saturated carbocycles. The van der Waals surface area contributed by atoms with Crippen molar-refractivity contribution in [2.75, 3.05) is 0 Å². The molecule has 0 aliphatic heterocycles. The van der Waals surface area contributed by atoms with Crippen molar-refractivity contribution in [3.63, 3.8) is 0 Å². The first-order chi connectivity index (χ1) is 7.92. The Balaban J connectivity index is 2.43. The maximum atomic E-state index is 10.4. The van der Waals surface area contributed by atoms with Crippen molar-refractivity contribution in [2.45, 2.75) is 32.8 Å². The zero-order valence-electron chi connectivity index (χ0n) is 10.9. The van der Waals surface area contributed by atoms with Crippen LogP contribution in [0.3, 0.4) is 0 Å². The van der Waals surface area contributed by atoms with Gasteiger partial charge in [0.25, 0.3) is 0 Å². The highest BCUT2D eigenvalue weighted by molar-refractivity contribution is 5.81. The molecule has 3 nitrogen and oxygen atoms in total. The molecule has 2 aromatic rings. The molecule has 0 radical (unpaired) electrons. The van der Waals surface area contributed by atoms with Crippen molar-refractivity contribution < 1.29 is 5.11 Å². The third-order valence-corrected chi connectivity index (χ3v) is 3.60. The molecule has 17 heavy (non-hydrogen) atoms. The van der Waals surface area contributed by atoms with Crippen LogP contribution in [-0.2, 0) is 13.5 Å². The molecule has 0 amide bonds. The van der Waals surface area contributed by atoms with E-state index in [0.29, 0.717) is 6.42 Å². The Labute approximate surface area is 102 Å². The molecule has 1 aromatic heterocycles. The Bertz CT molecular complexity index is 526. The number of hydrogen-bond donors (Lipinski definition) is 1. The summed E-state index contributed by atoms with van der Waals surface area (Å²) in [5.74, 6) is 0.211. The van der Waals surface area contributed by atoms with Gasteiger partial charge in [0.15, 0.2) is 0 Å². The lowest BCUT2D eigenvalue weighted by Crippen LogP contribution is -2.33. The molecular weight excluding hydrogens is 212 g/mol. The number of para-hydroxylation sites is 1. The van der Waals surface area contributed by atoms with Crippen molar-refractivity contribution in [2.24, 2.45) is 13.0 Å². The van der Waals surface area contributed by atoms with Crippen LogP contribution in [0, 0.1) is 5.92 Å². The number of aliphatic hydroxyl groups is 1. The number of hydrogen-bond acceptors (Lipinski definition) is 2. The Morgan fingerprint density at radius 3 is 2.65 bits per heavy atom. The second-order valence-corrected chi connectivity index (χ2v) is 5.28. The Morgan fingerprint density at radius 1 is 1.35 bits per heavy atom. The van der Waals surface area contributed by atoms with Gasteiger partial charge in [-0.1, -0.05) is 32.0 Å². The monoisotopic (exact) mass is 232 g/mol. The van der Waals surface area contributed by atoms with E-state index < -0.39 is 5.60 Å². The standard InChI is InChI=1S/C14H20N2O/c1-10(2)14(3,17)9-12-11-7-5-6-8-13(11)16(4)15-12/h5-8,10,17H,9H2,1-4H3. The fourth-order valence-electron chi connectivity index (χ4n) is 1.96. The lowest BCUT2D eigenvalue weighted by atomic mass is 9.87. The number of nitrogens with zero attached hydrogens (tertiary/aromatic N) is 2. The molecule has 0 aliphatic rings. The molecule has 0 bridgehead atoms. The largest absolute Gasteiger partial charge is 0.390 e. The Hall–Kier alpha value is -1.35. The van der Waals surface area contributed by atoms with E-state index in [4.69, 9.17) is 0 Å². The van der Waals surface area contributed by atoms with Gasteiger partial charge in [-0.3, -0.25) is 4.68 Å². The summed E-state index contributed by atoms with van der Waals surface area (Å²) < 4.78 is 1.88. The summed E-state index contributed by atoms with van der Waals surface area (Å²) in [7, 11) is 1.94. The fourth-order valence-corrected chi connectivity index (χ4v) is 1.96. The molecule has 3 heteroatoms. The topological polar surface area (TPSA) is 38.1 Å². The number of benzene rings is 1. The maximum absolute atomic E-state index is 10.4. The molecular formula is C14H20N2O. The van der Waals surface area contributed by atoms with E-state index in [1.165, 1.54) is 0 Å². The summed E-state index contributed by atoms with van der Waals surface area (Å²) in [5, 5.41) is 16.0. The number of fused-ring (bicyclic) bond motifs is 1. The Kier molecular flexibility index (Phi) is 2.96. The summed E-state index contributed by atoms with van der Waals surface area (Å²) in [6, 6.07) is 8.13. The van der Waals surface area contributed by atoms with Crippen molar-refractivity contribution in [1.29, 1.82) is 0 Å². The summed E-state index contributed by atoms with van der Waals surface area (Å²) in [6.07, 6.45) is 0.589. The fraction of sp³-hybridized carbons (Fsp3) is 0.500. The molecule has 1 atom stereocenters. The van der Waals surface area contributed by atoms with Crippen LogP contribution in [0.5, 0.6) is 0 Å². The number of rotatable bonds is 3. The van der Waals surface area contributed by atoms with Gasteiger partial charge in [-0.05, 0) is 18.9 Å². The highest BCUT2D eigenvalue weighted by atomic mass is 16.3. The van der Waals surface area contributed by atoms with Crippen LogP contribution < -0.4 is 0 Å². The van der Waals surface area contributed by atoms with Crippen molar-refractivity contribution in [3.8, 4) is 0 Å². The molecule has 1 heterocycles. The normalized spacial score (nSPS) is 15.4. The average Bonchev–Trinajstić information content (AvgIpc) is 2.56. The highest BCUT2D eigenvalue weighted by Gasteiger charge is 2.27.